The summed E-state index contributed by atoms with van der Waals surface area (Å²) in [5.41, 5.74) is 20.7. The van der Waals surface area contributed by atoms with Crippen LogP contribution in [0.5, 0.6) is 0 Å². The molecule has 0 amide bonds. The second kappa shape index (κ2) is 13.6. The van der Waals surface area contributed by atoms with E-state index in [2.05, 4.69) is 231 Å². The first-order valence-electron chi connectivity index (χ1n) is 23.9. The molecule has 1 unspecified atom stereocenters. The zero-order valence-electron chi connectivity index (χ0n) is 37.3. The van der Waals surface area contributed by atoms with Gasteiger partial charge in [-0.2, -0.15) is 0 Å². The topological polar surface area (TPSA) is 26.3 Å². The van der Waals surface area contributed by atoms with Crippen molar-refractivity contribution in [3.8, 4) is 55.6 Å². The molecular formula is C67H38O2. The quantitative estimate of drug-likeness (QED) is 0.165. The van der Waals surface area contributed by atoms with E-state index in [1.54, 1.807) is 0 Å². The van der Waals surface area contributed by atoms with Crippen LogP contribution >= 0.6 is 0 Å². The van der Waals surface area contributed by atoms with Crippen molar-refractivity contribution >= 4 is 76.2 Å². The predicted octanol–water partition coefficient (Wildman–Crippen LogP) is 18.3. The fourth-order valence-corrected chi connectivity index (χ4v) is 13.1. The normalized spacial score (nSPS) is 14.7. The molecule has 2 heteroatoms. The van der Waals surface area contributed by atoms with E-state index in [4.69, 9.17) is 8.83 Å². The molecule has 2 aliphatic carbocycles. The van der Waals surface area contributed by atoms with Crippen molar-refractivity contribution in [1.29, 1.82) is 0 Å². The maximum Gasteiger partial charge on any atom is 0.136 e. The van der Waals surface area contributed by atoms with Crippen molar-refractivity contribution in [3.63, 3.8) is 0 Å². The van der Waals surface area contributed by atoms with E-state index >= 15 is 0 Å². The SMILES string of the molecule is c1ccc2c(c1)-c1c(-c3c4cccc(-c5cccc6oc7ccccc7c56)c4cc4c(-c5cccc6oc7ccccc7c56)cccc34)cccc1C21c2ccccc2-c2c1ccc1ccccc21. The van der Waals surface area contributed by atoms with Crippen LogP contribution < -0.4 is 0 Å². The second-order valence-electron chi connectivity index (χ2n) is 18.9. The largest absolute Gasteiger partial charge is 0.456 e. The Morgan fingerprint density at radius 2 is 0.652 bits per heavy atom. The number of furan rings is 2. The molecule has 1 atom stereocenters. The highest BCUT2D eigenvalue weighted by Gasteiger charge is 2.52. The van der Waals surface area contributed by atoms with Crippen LogP contribution in [-0.2, 0) is 5.41 Å². The number of hydrogen-bond donors (Lipinski definition) is 0. The molecule has 0 fully saturated rings. The molecule has 14 aromatic rings. The second-order valence-corrected chi connectivity index (χ2v) is 18.9. The highest BCUT2D eigenvalue weighted by Crippen LogP contribution is 2.65. The molecule has 16 rings (SSSR count). The lowest BCUT2D eigenvalue weighted by atomic mass is 9.70. The summed E-state index contributed by atoms with van der Waals surface area (Å²) in [6, 6.07) is 85.3. The van der Waals surface area contributed by atoms with E-state index < -0.39 is 5.41 Å². The molecule has 0 N–H and O–H groups in total. The number of hydrogen-bond acceptors (Lipinski definition) is 2. The minimum atomic E-state index is -0.509. The zero-order valence-corrected chi connectivity index (χ0v) is 37.3. The molecule has 318 valence electrons. The molecular weight excluding hydrogens is 837 g/mol. The number of benzene rings is 12. The molecule has 0 aliphatic heterocycles. The highest BCUT2D eigenvalue weighted by atomic mass is 16.3. The summed E-state index contributed by atoms with van der Waals surface area (Å²) < 4.78 is 13.1. The molecule has 0 saturated carbocycles. The average Bonchev–Trinajstić information content (AvgIpc) is 4.15. The molecule has 2 heterocycles. The van der Waals surface area contributed by atoms with Gasteiger partial charge in [0.2, 0.25) is 0 Å². The molecule has 2 aliphatic rings. The molecule has 1 spiro atoms. The Labute approximate surface area is 396 Å². The van der Waals surface area contributed by atoms with Crippen LogP contribution in [0.3, 0.4) is 0 Å². The number of para-hydroxylation sites is 2. The van der Waals surface area contributed by atoms with Gasteiger partial charge in [-0.3, -0.25) is 0 Å². The molecule has 69 heavy (non-hydrogen) atoms. The van der Waals surface area contributed by atoms with Gasteiger partial charge in [0.1, 0.15) is 22.3 Å². The van der Waals surface area contributed by atoms with E-state index in [9.17, 15) is 0 Å². The van der Waals surface area contributed by atoms with Gasteiger partial charge in [0.15, 0.2) is 0 Å². The zero-order chi connectivity index (χ0) is 45.0. The third kappa shape index (κ3) is 4.75. The van der Waals surface area contributed by atoms with Gasteiger partial charge in [-0.05, 0) is 141 Å². The van der Waals surface area contributed by atoms with Crippen LogP contribution in [0.25, 0.3) is 132 Å². The monoisotopic (exact) mass is 874 g/mol. The van der Waals surface area contributed by atoms with Crippen LogP contribution in [0, 0.1) is 0 Å². The predicted molar refractivity (Wildman–Crippen MR) is 286 cm³/mol. The Morgan fingerprint density at radius 3 is 1.29 bits per heavy atom. The van der Waals surface area contributed by atoms with Gasteiger partial charge in [-0.25, -0.2) is 0 Å². The first-order valence-corrected chi connectivity index (χ1v) is 23.9. The van der Waals surface area contributed by atoms with Gasteiger partial charge in [0, 0.05) is 21.5 Å². The van der Waals surface area contributed by atoms with Crippen molar-refractivity contribution < 1.29 is 8.83 Å². The van der Waals surface area contributed by atoms with E-state index in [1.165, 1.54) is 99.1 Å². The Kier molecular flexibility index (Phi) is 7.30. The molecule has 2 nitrogen and oxygen atoms in total. The van der Waals surface area contributed by atoms with Crippen molar-refractivity contribution in [3.05, 3.63) is 253 Å². The first kappa shape index (κ1) is 37.1. The first-order chi connectivity index (χ1) is 34.3. The minimum absolute atomic E-state index is 0.509. The van der Waals surface area contributed by atoms with Gasteiger partial charge < -0.3 is 8.83 Å². The molecule has 12 aromatic carbocycles. The Hall–Kier alpha value is -8.98. The van der Waals surface area contributed by atoms with E-state index in [0.29, 0.717) is 0 Å². The van der Waals surface area contributed by atoms with Crippen molar-refractivity contribution in [1.82, 2.24) is 0 Å². The number of rotatable bonds is 3. The maximum absolute atomic E-state index is 6.53. The lowest BCUT2D eigenvalue weighted by molar-refractivity contribution is 0.668. The fourth-order valence-electron chi connectivity index (χ4n) is 13.1. The van der Waals surface area contributed by atoms with Gasteiger partial charge in [0.25, 0.3) is 0 Å². The Bertz CT molecular complexity index is 4390. The summed E-state index contributed by atoms with van der Waals surface area (Å²) in [6.45, 7) is 0. The van der Waals surface area contributed by atoms with Gasteiger partial charge in [-0.15, -0.1) is 0 Å². The lowest BCUT2D eigenvalue weighted by Gasteiger charge is -2.30. The minimum Gasteiger partial charge on any atom is -0.456 e. The smallest absolute Gasteiger partial charge is 0.136 e. The van der Waals surface area contributed by atoms with Crippen molar-refractivity contribution in [2.75, 3.05) is 0 Å². The number of fused-ring (bicyclic) bond motifs is 20. The van der Waals surface area contributed by atoms with Crippen molar-refractivity contribution in [2.45, 2.75) is 5.41 Å². The summed E-state index contributed by atoms with van der Waals surface area (Å²) in [6.07, 6.45) is 0. The Morgan fingerprint density at radius 1 is 0.232 bits per heavy atom. The molecule has 0 radical (unpaired) electrons. The standard InChI is InChI=1S/C67H38O2/c1-2-17-40-39(16-1)36-37-57-63(40)47-18-3-7-29-54(47)67(57)55-30-8-4-19-48(55)64-51(28-13-31-56(64)67)62-45-24-11-22-41(43-26-14-34-60-65(43)49-20-5-9-32-58(49)68-60)52(45)38-53-42(23-12-25-46(53)62)44-27-15-35-61-66(44)50-21-6-10-33-59(50)69-61/h1-38H. The van der Waals surface area contributed by atoms with Crippen LogP contribution in [-0.4, -0.2) is 0 Å². The van der Waals surface area contributed by atoms with E-state index in [0.717, 1.165) is 55.0 Å². The summed E-state index contributed by atoms with van der Waals surface area (Å²) in [4.78, 5) is 0. The third-order valence-electron chi connectivity index (χ3n) is 15.7. The molecule has 0 bridgehead atoms. The lowest BCUT2D eigenvalue weighted by Crippen LogP contribution is -2.25. The van der Waals surface area contributed by atoms with Gasteiger partial charge in [-0.1, -0.05) is 200 Å². The van der Waals surface area contributed by atoms with Gasteiger partial charge in [0.05, 0.1) is 5.41 Å². The fraction of sp³-hybridized carbons (Fsp3) is 0.0149. The van der Waals surface area contributed by atoms with Crippen LogP contribution in [0.1, 0.15) is 22.3 Å². The van der Waals surface area contributed by atoms with E-state index in [1.807, 2.05) is 0 Å². The highest BCUT2D eigenvalue weighted by molar-refractivity contribution is 6.25. The third-order valence-corrected chi connectivity index (χ3v) is 15.7. The van der Waals surface area contributed by atoms with Crippen molar-refractivity contribution in [2.24, 2.45) is 0 Å². The van der Waals surface area contributed by atoms with Crippen LogP contribution in [0.2, 0.25) is 0 Å². The Balaban J connectivity index is 1.06. The summed E-state index contributed by atoms with van der Waals surface area (Å²) in [5, 5.41) is 11.9. The van der Waals surface area contributed by atoms with Crippen LogP contribution in [0.15, 0.2) is 239 Å². The summed E-state index contributed by atoms with van der Waals surface area (Å²) in [5.74, 6) is 0. The maximum atomic E-state index is 6.53. The van der Waals surface area contributed by atoms with Crippen LogP contribution in [0.4, 0.5) is 0 Å². The summed E-state index contributed by atoms with van der Waals surface area (Å²) >= 11 is 0. The van der Waals surface area contributed by atoms with Gasteiger partial charge >= 0.3 is 0 Å². The average molecular weight is 875 g/mol. The molecule has 2 aromatic heterocycles. The van der Waals surface area contributed by atoms with E-state index in [-0.39, 0.29) is 0 Å². The molecule has 0 saturated heterocycles. The summed E-state index contributed by atoms with van der Waals surface area (Å²) in [7, 11) is 0.